The number of rotatable bonds is 5. The number of urea groups is 1. The predicted molar refractivity (Wildman–Crippen MR) is 98.8 cm³/mol. The summed E-state index contributed by atoms with van der Waals surface area (Å²) < 4.78 is 18.5. The molecule has 0 radical (unpaired) electrons. The van der Waals surface area contributed by atoms with Gasteiger partial charge in [0.2, 0.25) is 0 Å². The zero-order chi connectivity index (χ0) is 19.7. The fraction of sp³-hybridized carbons (Fsp3) is 0.450. The summed E-state index contributed by atoms with van der Waals surface area (Å²) in [6.45, 7) is 3.37. The number of amides is 3. The minimum atomic E-state index is -1.03. The summed E-state index contributed by atoms with van der Waals surface area (Å²) in [5.74, 6) is -0.101. The minimum Gasteiger partial charge on any atom is -0.449 e. The van der Waals surface area contributed by atoms with Gasteiger partial charge in [0.1, 0.15) is 17.6 Å². The largest absolute Gasteiger partial charge is 0.449 e. The average molecular weight is 386 g/mol. The van der Waals surface area contributed by atoms with Crippen LogP contribution >= 0.6 is 0 Å². The maximum atomic E-state index is 13.5. The molecule has 0 spiro atoms. The van der Waals surface area contributed by atoms with Crippen LogP contribution in [0.2, 0.25) is 0 Å². The van der Waals surface area contributed by atoms with E-state index in [0.29, 0.717) is 18.0 Å². The minimum absolute atomic E-state index is 0.000650. The standard InChI is InChI=1S/C20H23FN4O3/c1-13-23-17(12-28-13)11-25-18(26)20(24-19(25)27,15-6-8-22-9-7-15)10-14-2-4-16(21)5-3-14/h2-5,12,15,22H,6-11H2,1H3,(H,24,27)/t20-/m1/s1. The lowest BCUT2D eigenvalue weighted by atomic mass is 9.74. The second-order valence-corrected chi connectivity index (χ2v) is 7.48. The van der Waals surface area contributed by atoms with Gasteiger partial charge >= 0.3 is 6.03 Å². The highest BCUT2D eigenvalue weighted by atomic mass is 19.1. The van der Waals surface area contributed by atoms with Gasteiger partial charge in [-0.3, -0.25) is 9.69 Å². The van der Waals surface area contributed by atoms with E-state index in [1.807, 2.05) is 0 Å². The molecule has 2 aliphatic rings. The Labute approximate surface area is 162 Å². The highest BCUT2D eigenvalue weighted by molar-refractivity contribution is 6.07. The molecular formula is C20H23FN4O3. The number of aryl methyl sites for hydroxylation is 1. The molecule has 28 heavy (non-hydrogen) atoms. The highest BCUT2D eigenvalue weighted by Gasteiger charge is 2.55. The van der Waals surface area contributed by atoms with Crippen molar-refractivity contribution in [2.45, 2.75) is 38.3 Å². The van der Waals surface area contributed by atoms with Gasteiger partial charge in [-0.15, -0.1) is 0 Å². The van der Waals surface area contributed by atoms with Crippen LogP contribution in [0.25, 0.3) is 0 Å². The Hall–Kier alpha value is -2.74. The Morgan fingerprint density at radius 1 is 1.25 bits per heavy atom. The van der Waals surface area contributed by atoms with Gasteiger partial charge in [-0.1, -0.05) is 12.1 Å². The van der Waals surface area contributed by atoms with Crippen LogP contribution < -0.4 is 10.6 Å². The Morgan fingerprint density at radius 3 is 2.61 bits per heavy atom. The van der Waals surface area contributed by atoms with Gasteiger partial charge in [0.15, 0.2) is 5.89 Å². The van der Waals surface area contributed by atoms with Crippen LogP contribution in [-0.4, -0.2) is 40.5 Å². The molecule has 2 N–H and O–H groups in total. The zero-order valence-corrected chi connectivity index (χ0v) is 15.7. The van der Waals surface area contributed by atoms with E-state index in [-0.39, 0.29) is 24.2 Å². The number of carbonyl (C=O) groups excluding carboxylic acids is 2. The third kappa shape index (κ3) is 3.40. The molecule has 0 saturated carbocycles. The van der Waals surface area contributed by atoms with Crippen molar-refractivity contribution >= 4 is 11.9 Å². The van der Waals surface area contributed by atoms with Crippen molar-refractivity contribution in [2.24, 2.45) is 5.92 Å². The number of aromatic nitrogens is 1. The Kier molecular flexibility index (Phi) is 4.89. The fourth-order valence-corrected chi connectivity index (χ4v) is 4.21. The second-order valence-electron chi connectivity index (χ2n) is 7.48. The fourth-order valence-electron chi connectivity index (χ4n) is 4.21. The molecule has 2 aliphatic heterocycles. The van der Waals surface area contributed by atoms with Gasteiger partial charge in [-0.25, -0.2) is 14.2 Å². The molecule has 1 atom stereocenters. The van der Waals surface area contributed by atoms with E-state index in [2.05, 4.69) is 15.6 Å². The van der Waals surface area contributed by atoms with Crippen LogP contribution in [0.1, 0.15) is 30.0 Å². The number of benzene rings is 1. The smallest absolute Gasteiger partial charge is 0.325 e. The van der Waals surface area contributed by atoms with Crippen LogP contribution in [0, 0.1) is 18.7 Å². The third-order valence-electron chi connectivity index (χ3n) is 5.62. The van der Waals surface area contributed by atoms with E-state index in [1.165, 1.54) is 23.3 Å². The van der Waals surface area contributed by atoms with Gasteiger partial charge in [0.25, 0.3) is 5.91 Å². The number of imide groups is 1. The molecule has 2 fully saturated rings. The summed E-state index contributed by atoms with van der Waals surface area (Å²) in [5, 5.41) is 6.28. The molecule has 1 aromatic carbocycles. The van der Waals surface area contributed by atoms with Crippen molar-refractivity contribution in [1.82, 2.24) is 20.5 Å². The second kappa shape index (κ2) is 7.35. The molecule has 8 heteroatoms. The molecule has 7 nitrogen and oxygen atoms in total. The summed E-state index contributed by atoms with van der Waals surface area (Å²) in [4.78, 5) is 31.7. The molecule has 0 aliphatic carbocycles. The maximum Gasteiger partial charge on any atom is 0.325 e. The van der Waals surface area contributed by atoms with Crippen molar-refractivity contribution in [3.05, 3.63) is 53.5 Å². The van der Waals surface area contributed by atoms with Crippen LogP contribution in [0.5, 0.6) is 0 Å². The first kappa shape index (κ1) is 18.6. The normalized spacial score (nSPS) is 23.3. The lowest BCUT2D eigenvalue weighted by molar-refractivity contribution is -0.134. The monoisotopic (exact) mass is 386 g/mol. The SMILES string of the molecule is Cc1nc(CN2C(=O)N[C@](Cc3ccc(F)cc3)(C3CCNCC3)C2=O)co1. The van der Waals surface area contributed by atoms with Gasteiger partial charge in [0, 0.05) is 13.3 Å². The molecule has 3 heterocycles. The zero-order valence-electron chi connectivity index (χ0n) is 15.7. The lowest BCUT2D eigenvalue weighted by Gasteiger charge is -2.38. The molecule has 1 aromatic heterocycles. The van der Waals surface area contributed by atoms with Crippen LogP contribution in [0.4, 0.5) is 9.18 Å². The number of nitrogens with one attached hydrogen (secondary N) is 2. The van der Waals surface area contributed by atoms with Crippen molar-refractivity contribution in [1.29, 1.82) is 0 Å². The molecule has 0 bridgehead atoms. The van der Waals surface area contributed by atoms with Crippen LogP contribution in [-0.2, 0) is 17.8 Å². The van der Waals surface area contributed by atoms with E-state index in [4.69, 9.17) is 4.42 Å². The Morgan fingerprint density at radius 2 is 1.96 bits per heavy atom. The van der Waals surface area contributed by atoms with Gasteiger partial charge in [-0.2, -0.15) is 0 Å². The molecule has 0 unspecified atom stereocenters. The summed E-state index contributed by atoms with van der Waals surface area (Å²) in [6, 6.07) is 5.67. The molecule has 148 valence electrons. The molecule has 3 amide bonds. The third-order valence-corrected chi connectivity index (χ3v) is 5.62. The number of hydrogen-bond donors (Lipinski definition) is 2. The van der Waals surface area contributed by atoms with E-state index in [1.54, 1.807) is 19.1 Å². The van der Waals surface area contributed by atoms with Gasteiger partial charge in [0.05, 0.1) is 12.2 Å². The average Bonchev–Trinajstić information content (AvgIpc) is 3.21. The number of hydrogen-bond acceptors (Lipinski definition) is 5. The van der Waals surface area contributed by atoms with Crippen LogP contribution in [0.15, 0.2) is 34.9 Å². The van der Waals surface area contributed by atoms with Crippen molar-refractivity contribution in [3.63, 3.8) is 0 Å². The quantitative estimate of drug-likeness (QED) is 0.769. The van der Waals surface area contributed by atoms with E-state index in [0.717, 1.165) is 31.5 Å². The summed E-state index contributed by atoms with van der Waals surface area (Å²) in [6.07, 6.45) is 3.35. The van der Waals surface area contributed by atoms with Crippen molar-refractivity contribution in [2.75, 3.05) is 13.1 Å². The number of halogens is 1. The van der Waals surface area contributed by atoms with Gasteiger partial charge < -0.3 is 15.1 Å². The van der Waals surface area contributed by atoms with Crippen molar-refractivity contribution < 1.29 is 18.4 Å². The topological polar surface area (TPSA) is 87.5 Å². The first-order valence-corrected chi connectivity index (χ1v) is 9.48. The number of carbonyl (C=O) groups is 2. The summed E-state index contributed by atoms with van der Waals surface area (Å²) in [5.41, 5.74) is 0.312. The Balaban J connectivity index is 1.65. The van der Waals surface area contributed by atoms with Gasteiger partial charge in [-0.05, 0) is 49.5 Å². The molecule has 4 rings (SSSR count). The van der Waals surface area contributed by atoms with E-state index in [9.17, 15) is 14.0 Å². The number of oxazole rings is 1. The Bertz CT molecular complexity index is 876. The molecule has 2 saturated heterocycles. The van der Waals surface area contributed by atoms with Crippen molar-refractivity contribution in [3.8, 4) is 0 Å². The maximum absolute atomic E-state index is 13.5. The number of piperidine rings is 1. The lowest BCUT2D eigenvalue weighted by Crippen LogP contribution is -2.57. The summed E-state index contributed by atoms with van der Waals surface area (Å²) >= 11 is 0. The predicted octanol–water partition coefficient (Wildman–Crippen LogP) is 2.16. The molecular weight excluding hydrogens is 363 g/mol. The summed E-state index contributed by atoms with van der Waals surface area (Å²) in [7, 11) is 0. The van der Waals surface area contributed by atoms with Crippen LogP contribution in [0.3, 0.4) is 0 Å². The molecule has 2 aromatic rings. The van der Waals surface area contributed by atoms with E-state index >= 15 is 0 Å². The number of nitrogens with zero attached hydrogens (tertiary/aromatic N) is 2. The van der Waals surface area contributed by atoms with E-state index < -0.39 is 11.6 Å². The highest BCUT2D eigenvalue weighted by Crippen LogP contribution is 2.35. The first-order valence-electron chi connectivity index (χ1n) is 9.48. The first-order chi connectivity index (χ1) is 13.5.